The molecule has 0 fully saturated rings. The third-order valence-corrected chi connectivity index (χ3v) is 9.58. The number of carbonyl (C=O) groups excluding carboxylic acids is 2. The molecule has 0 radical (unpaired) electrons. The number of ether oxygens (including phenoxy) is 2. The third kappa shape index (κ3) is 32.0. The molecule has 0 saturated carbocycles. The maximum atomic E-state index is 12.7. The van der Waals surface area contributed by atoms with E-state index in [4.69, 9.17) is 18.5 Å². The molecule has 0 aliphatic rings. The van der Waals surface area contributed by atoms with Gasteiger partial charge in [-0.15, -0.1) is 0 Å². The molecular weight excluding hydrogens is 617 g/mol. The molecule has 280 valence electrons. The number of quaternary nitrogens is 1. The van der Waals surface area contributed by atoms with Crippen LogP contribution in [0.3, 0.4) is 0 Å². The summed E-state index contributed by atoms with van der Waals surface area (Å²) >= 11 is 0. The number of esters is 2. The number of nitrogens with zero attached hydrogens (tertiary/aromatic N) is 1. The topological polar surface area (TPSA) is 111 Å². The van der Waals surface area contributed by atoms with Crippen LogP contribution in [-0.4, -0.2) is 69.5 Å². The number of phosphoric ester groups is 1. The minimum Gasteiger partial charge on any atom is -0.756 e. The van der Waals surface area contributed by atoms with Gasteiger partial charge in [0.05, 0.1) is 21.1 Å². The van der Waals surface area contributed by atoms with Crippen LogP contribution in [0, 0.1) is 0 Å². The van der Waals surface area contributed by atoms with E-state index in [9.17, 15) is 19.0 Å². The first kappa shape index (κ1) is 46.0. The van der Waals surface area contributed by atoms with Crippen molar-refractivity contribution >= 4 is 19.8 Å². The minimum absolute atomic E-state index is 0.0335. The smallest absolute Gasteiger partial charge is 0.306 e. The Hall–Kier alpha value is -0.990. The number of hydrogen-bond donors (Lipinski definition) is 0. The zero-order valence-corrected chi connectivity index (χ0v) is 32.3. The van der Waals surface area contributed by atoms with Crippen molar-refractivity contribution in [3.05, 3.63) is 0 Å². The average molecular weight is 692 g/mol. The van der Waals surface area contributed by atoms with Crippen LogP contribution in [0.5, 0.6) is 0 Å². The first-order valence-electron chi connectivity index (χ1n) is 19.2. The fourth-order valence-corrected chi connectivity index (χ4v) is 6.25. The molecule has 0 aromatic rings. The molecule has 10 heteroatoms. The molecule has 0 aliphatic carbocycles. The van der Waals surface area contributed by atoms with Crippen molar-refractivity contribution in [2.24, 2.45) is 0 Å². The lowest BCUT2D eigenvalue weighted by Crippen LogP contribution is -2.38. The SMILES string of the molecule is CCCCCCCCCCCCCC(=O)OCC(OC(=O)CCCCCCCCCCCCC)C(C)OP(=O)([O-])OCC[N+](C)(C)C. The highest BCUT2D eigenvalue weighted by atomic mass is 31.2. The number of rotatable bonds is 34. The van der Waals surface area contributed by atoms with Gasteiger partial charge in [0, 0.05) is 12.8 Å². The molecule has 0 bridgehead atoms. The van der Waals surface area contributed by atoms with E-state index in [1.54, 1.807) is 0 Å². The Kier molecular flexibility index (Phi) is 29.3. The Morgan fingerprint density at radius 3 is 1.43 bits per heavy atom. The molecule has 0 N–H and O–H groups in total. The molecule has 0 aromatic heterocycles. The molecule has 0 aliphatic heterocycles. The van der Waals surface area contributed by atoms with Crippen LogP contribution >= 0.6 is 7.82 Å². The summed E-state index contributed by atoms with van der Waals surface area (Å²) in [7, 11) is 1.13. The zero-order valence-electron chi connectivity index (χ0n) is 31.4. The summed E-state index contributed by atoms with van der Waals surface area (Å²) in [5.41, 5.74) is 0. The van der Waals surface area contributed by atoms with Crippen LogP contribution in [0.4, 0.5) is 0 Å². The van der Waals surface area contributed by atoms with Crippen LogP contribution in [0.1, 0.15) is 175 Å². The van der Waals surface area contributed by atoms with Crippen molar-refractivity contribution in [3.63, 3.8) is 0 Å². The second kappa shape index (κ2) is 29.9. The van der Waals surface area contributed by atoms with Gasteiger partial charge in [-0.3, -0.25) is 14.2 Å². The van der Waals surface area contributed by atoms with E-state index in [0.29, 0.717) is 17.4 Å². The molecule has 0 amide bonds. The van der Waals surface area contributed by atoms with Gasteiger partial charge in [-0.2, -0.15) is 0 Å². The largest absolute Gasteiger partial charge is 0.756 e. The van der Waals surface area contributed by atoms with Crippen molar-refractivity contribution in [2.45, 2.75) is 187 Å². The third-order valence-electron chi connectivity index (χ3n) is 8.49. The van der Waals surface area contributed by atoms with E-state index in [2.05, 4.69) is 13.8 Å². The summed E-state index contributed by atoms with van der Waals surface area (Å²) in [5, 5.41) is 0. The van der Waals surface area contributed by atoms with Crippen molar-refractivity contribution in [1.29, 1.82) is 0 Å². The maximum absolute atomic E-state index is 12.7. The Morgan fingerprint density at radius 1 is 0.638 bits per heavy atom. The minimum atomic E-state index is -4.66. The highest BCUT2D eigenvalue weighted by Crippen LogP contribution is 2.40. The fraction of sp³-hybridized carbons (Fsp3) is 0.946. The van der Waals surface area contributed by atoms with Crippen LogP contribution in [0.25, 0.3) is 0 Å². The first-order valence-corrected chi connectivity index (χ1v) is 20.7. The van der Waals surface area contributed by atoms with E-state index in [0.717, 1.165) is 38.5 Å². The van der Waals surface area contributed by atoms with Crippen LogP contribution < -0.4 is 4.89 Å². The average Bonchev–Trinajstić information content (AvgIpc) is 2.99. The molecule has 9 nitrogen and oxygen atoms in total. The summed E-state index contributed by atoms with van der Waals surface area (Å²) in [6.45, 7) is 6.13. The summed E-state index contributed by atoms with van der Waals surface area (Å²) in [6.07, 6.45) is 24.4. The Bertz CT molecular complexity index is 804. The number of likely N-dealkylation sites (N-methyl/N-ethyl adjacent to an activating group) is 1. The van der Waals surface area contributed by atoms with Gasteiger partial charge in [-0.05, 0) is 19.8 Å². The van der Waals surface area contributed by atoms with Crippen LogP contribution in [-0.2, 0) is 32.7 Å². The number of unbranched alkanes of at least 4 members (excludes halogenated alkanes) is 20. The van der Waals surface area contributed by atoms with Gasteiger partial charge in [0.25, 0.3) is 7.82 Å². The lowest BCUT2D eigenvalue weighted by Gasteiger charge is -2.31. The van der Waals surface area contributed by atoms with E-state index in [-0.39, 0.29) is 32.0 Å². The van der Waals surface area contributed by atoms with E-state index in [1.165, 1.54) is 103 Å². The Labute approximate surface area is 289 Å². The van der Waals surface area contributed by atoms with Crippen LogP contribution in [0.15, 0.2) is 0 Å². The molecule has 0 saturated heterocycles. The summed E-state index contributed by atoms with van der Waals surface area (Å²) in [6, 6.07) is 0. The van der Waals surface area contributed by atoms with Gasteiger partial charge in [-0.25, -0.2) is 0 Å². The Morgan fingerprint density at radius 2 is 1.02 bits per heavy atom. The fourth-order valence-electron chi connectivity index (χ4n) is 5.34. The predicted octanol–water partition coefficient (Wildman–Crippen LogP) is 9.44. The summed E-state index contributed by atoms with van der Waals surface area (Å²) in [4.78, 5) is 37.7. The predicted molar refractivity (Wildman–Crippen MR) is 190 cm³/mol. The second-order valence-electron chi connectivity index (χ2n) is 14.4. The van der Waals surface area contributed by atoms with Gasteiger partial charge in [0.1, 0.15) is 25.9 Å². The van der Waals surface area contributed by atoms with Gasteiger partial charge < -0.3 is 27.9 Å². The molecule has 0 rings (SSSR count). The molecule has 3 unspecified atom stereocenters. The summed E-state index contributed by atoms with van der Waals surface area (Å²) < 4.78 is 34.3. The highest BCUT2D eigenvalue weighted by molar-refractivity contribution is 7.45. The lowest BCUT2D eigenvalue weighted by molar-refractivity contribution is -0.870. The van der Waals surface area contributed by atoms with Gasteiger partial charge >= 0.3 is 11.9 Å². The number of carbonyl (C=O) groups is 2. The van der Waals surface area contributed by atoms with Crippen molar-refractivity contribution in [1.82, 2.24) is 0 Å². The van der Waals surface area contributed by atoms with E-state index >= 15 is 0 Å². The number of hydrogen-bond acceptors (Lipinski definition) is 8. The molecule has 3 atom stereocenters. The maximum Gasteiger partial charge on any atom is 0.306 e. The molecule has 47 heavy (non-hydrogen) atoms. The van der Waals surface area contributed by atoms with Gasteiger partial charge in [-0.1, -0.05) is 142 Å². The second-order valence-corrected chi connectivity index (χ2v) is 15.8. The number of phosphoric acid groups is 1. The van der Waals surface area contributed by atoms with E-state index in [1.807, 2.05) is 21.1 Å². The lowest BCUT2D eigenvalue weighted by atomic mass is 10.1. The normalized spacial score (nSPS) is 14.4. The van der Waals surface area contributed by atoms with E-state index < -0.39 is 26.0 Å². The van der Waals surface area contributed by atoms with Crippen molar-refractivity contribution < 1.29 is 42.1 Å². The Balaban J connectivity index is 4.60. The molecule has 0 spiro atoms. The quantitative estimate of drug-likeness (QED) is 0.0284. The van der Waals surface area contributed by atoms with Crippen LogP contribution in [0.2, 0.25) is 0 Å². The summed E-state index contributed by atoms with van der Waals surface area (Å²) in [5.74, 6) is -0.835. The van der Waals surface area contributed by atoms with Gasteiger partial charge in [0.15, 0.2) is 6.10 Å². The molecular formula is C37H74NO8P. The standard InChI is InChI=1S/C37H74NO8P/c1-7-9-11-13-15-17-19-21-23-25-27-29-36(39)43-33-35(34(3)46-47(41,42)44-32-31-38(4,5)6)45-37(40)30-28-26-24-22-20-18-16-14-12-10-8-2/h34-35H,7-33H2,1-6H3. The monoisotopic (exact) mass is 692 g/mol. The van der Waals surface area contributed by atoms with Gasteiger partial charge in [0.2, 0.25) is 0 Å². The van der Waals surface area contributed by atoms with Crippen molar-refractivity contribution in [2.75, 3.05) is 40.9 Å². The zero-order chi connectivity index (χ0) is 35.2. The molecule has 0 heterocycles. The molecule has 0 aromatic carbocycles. The van der Waals surface area contributed by atoms with Crippen molar-refractivity contribution in [3.8, 4) is 0 Å². The first-order chi connectivity index (χ1) is 22.4. The highest BCUT2D eigenvalue weighted by Gasteiger charge is 2.28.